The van der Waals surface area contributed by atoms with Crippen molar-refractivity contribution in [2.75, 3.05) is 6.54 Å². The molecule has 24 heavy (non-hydrogen) atoms. The lowest BCUT2D eigenvalue weighted by Gasteiger charge is -2.50. The van der Waals surface area contributed by atoms with E-state index >= 15 is 0 Å². The van der Waals surface area contributed by atoms with E-state index in [4.69, 9.17) is 10.5 Å². The van der Waals surface area contributed by atoms with Gasteiger partial charge in [0.15, 0.2) is 0 Å². The van der Waals surface area contributed by atoms with Gasteiger partial charge in [0.2, 0.25) is 0 Å². The summed E-state index contributed by atoms with van der Waals surface area (Å²) in [4.78, 5) is 14.7. The van der Waals surface area contributed by atoms with Gasteiger partial charge in [-0.15, -0.1) is 0 Å². The zero-order valence-electron chi connectivity index (χ0n) is 15.9. The lowest BCUT2D eigenvalue weighted by molar-refractivity contribution is -0.0163. The van der Waals surface area contributed by atoms with E-state index in [9.17, 15) is 4.79 Å². The van der Waals surface area contributed by atoms with Crippen molar-refractivity contribution in [1.82, 2.24) is 4.90 Å². The third-order valence-corrected chi connectivity index (χ3v) is 4.54. The number of piperidine rings is 1. The molecule has 3 atom stereocenters. The van der Waals surface area contributed by atoms with Gasteiger partial charge in [0, 0.05) is 24.5 Å². The van der Waals surface area contributed by atoms with Crippen molar-refractivity contribution < 1.29 is 9.53 Å². The van der Waals surface area contributed by atoms with E-state index < -0.39 is 5.60 Å². The molecular weight excluding hydrogens is 300 g/mol. The van der Waals surface area contributed by atoms with E-state index in [2.05, 4.69) is 32.9 Å². The minimum atomic E-state index is -0.499. The van der Waals surface area contributed by atoms with E-state index in [1.165, 1.54) is 5.56 Å². The molecule has 0 aromatic heterocycles. The fourth-order valence-electron chi connectivity index (χ4n) is 3.67. The maximum atomic E-state index is 12.8. The number of amides is 1. The molecular formula is C20H32N2O2. The van der Waals surface area contributed by atoms with Crippen LogP contribution in [0.15, 0.2) is 30.3 Å². The van der Waals surface area contributed by atoms with E-state index in [1.54, 1.807) is 0 Å². The van der Waals surface area contributed by atoms with Gasteiger partial charge in [-0.3, -0.25) is 0 Å². The molecule has 0 radical (unpaired) electrons. The smallest absolute Gasteiger partial charge is 0.410 e. The number of nitrogens with zero attached hydrogens (tertiary/aromatic N) is 1. The average Bonchev–Trinajstić information content (AvgIpc) is 2.45. The number of rotatable bonds is 1. The molecule has 1 unspecified atom stereocenters. The summed E-state index contributed by atoms with van der Waals surface area (Å²) in [6.45, 7) is 12.9. The first-order valence-corrected chi connectivity index (χ1v) is 8.81. The molecule has 1 amide bonds. The van der Waals surface area contributed by atoms with Crippen LogP contribution < -0.4 is 5.73 Å². The van der Waals surface area contributed by atoms with Crippen LogP contribution in [0.1, 0.15) is 59.4 Å². The quantitative estimate of drug-likeness (QED) is 0.840. The van der Waals surface area contributed by atoms with E-state index in [-0.39, 0.29) is 29.5 Å². The highest BCUT2D eigenvalue weighted by molar-refractivity contribution is 5.69. The molecule has 0 aliphatic carbocycles. The van der Waals surface area contributed by atoms with Crippen molar-refractivity contribution in [3.05, 3.63) is 35.9 Å². The molecule has 0 spiro atoms. The number of carbonyl (C=O) groups is 1. The summed E-state index contributed by atoms with van der Waals surface area (Å²) >= 11 is 0. The van der Waals surface area contributed by atoms with Crippen LogP contribution >= 0.6 is 0 Å². The molecule has 1 aromatic rings. The fraction of sp³-hybridized carbons (Fsp3) is 0.650. The van der Waals surface area contributed by atoms with Crippen molar-refractivity contribution in [3.8, 4) is 0 Å². The Labute approximate surface area is 146 Å². The van der Waals surface area contributed by atoms with Gasteiger partial charge in [-0.05, 0) is 38.2 Å². The highest BCUT2D eigenvalue weighted by Gasteiger charge is 2.46. The van der Waals surface area contributed by atoms with E-state index in [0.717, 1.165) is 6.42 Å². The van der Waals surface area contributed by atoms with Gasteiger partial charge in [0.25, 0.3) is 0 Å². The van der Waals surface area contributed by atoms with E-state index in [0.29, 0.717) is 6.54 Å². The van der Waals surface area contributed by atoms with Crippen LogP contribution in [0.3, 0.4) is 0 Å². The van der Waals surface area contributed by atoms with E-state index in [1.807, 2.05) is 43.9 Å². The highest BCUT2D eigenvalue weighted by Crippen LogP contribution is 2.41. The molecule has 134 valence electrons. The van der Waals surface area contributed by atoms with Crippen molar-refractivity contribution in [2.45, 2.75) is 71.6 Å². The van der Waals surface area contributed by atoms with Crippen molar-refractivity contribution >= 4 is 6.09 Å². The lowest BCUT2D eigenvalue weighted by atomic mass is 9.69. The number of ether oxygens (including phenoxy) is 1. The third-order valence-electron chi connectivity index (χ3n) is 4.54. The number of hydrogen-bond acceptors (Lipinski definition) is 3. The van der Waals surface area contributed by atoms with Crippen LogP contribution in [-0.2, 0) is 4.74 Å². The van der Waals surface area contributed by atoms with Gasteiger partial charge in [0.05, 0.1) is 0 Å². The minimum absolute atomic E-state index is 0.00139. The fourth-order valence-corrected chi connectivity index (χ4v) is 3.67. The van der Waals surface area contributed by atoms with Gasteiger partial charge < -0.3 is 15.4 Å². The van der Waals surface area contributed by atoms with Crippen LogP contribution in [0.25, 0.3) is 0 Å². The van der Waals surface area contributed by atoms with Crippen molar-refractivity contribution in [2.24, 2.45) is 11.1 Å². The maximum absolute atomic E-state index is 12.8. The monoisotopic (exact) mass is 332 g/mol. The predicted molar refractivity (Wildman–Crippen MR) is 98.0 cm³/mol. The zero-order valence-corrected chi connectivity index (χ0v) is 15.9. The molecule has 0 saturated carbocycles. The Morgan fingerprint density at radius 3 is 2.21 bits per heavy atom. The van der Waals surface area contributed by atoms with Crippen molar-refractivity contribution in [3.63, 3.8) is 0 Å². The van der Waals surface area contributed by atoms with Gasteiger partial charge >= 0.3 is 6.09 Å². The molecule has 1 aromatic carbocycles. The summed E-state index contributed by atoms with van der Waals surface area (Å²) in [7, 11) is 0. The average molecular weight is 332 g/mol. The first-order valence-electron chi connectivity index (χ1n) is 8.81. The Hall–Kier alpha value is -1.55. The molecule has 1 aliphatic heterocycles. The number of hydrogen-bond donors (Lipinski definition) is 1. The van der Waals surface area contributed by atoms with Gasteiger partial charge in [-0.25, -0.2) is 4.79 Å². The second kappa shape index (κ2) is 6.75. The Morgan fingerprint density at radius 2 is 1.71 bits per heavy atom. The first kappa shape index (κ1) is 18.8. The summed E-state index contributed by atoms with van der Waals surface area (Å²) in [5, 5.41) is 0. The van der Waals surface area contributed by atoms with Gasteiger partial charge in [-0.2, -0.15) is 0 Å². The molecule has 2 rings (SSSR count). The summed E-state index contributed by atoms with van der Waals surface area (Å²) < 4.78 is 5.67. The Morgan fingerprint density at radius 1 is 1.12 bits per heavy atom. The molecule has 4 nitrogen and oxygen atoms in total. The number of carbonyl (C=O) groups excluding carboxylic acids is 1. The van der Waals surface area contributed by atoms with Crippen LogP contribution in [0.5, 0.6) is 0 Å². The lowest BCUT2D eigenvalue weighted by Crippen LogP contribution is -2.60. The van der Waals surface area contributed by atoms with Gasteiger partial charge in [-0.1, -0.05) is 51.1 Å². The molecule has 0 bridgehead atoms. The molecule has 1 heterocycles. The van der Waals surface area contributed by atoms with Crippen LogP contribution in [0.2, 0.25) is 0 Å². The SMILES string of the molecule is CC(C)(C)OC(=O)N1CC[C@@H](N)[C@H](c2ccccc2)C1C(C)(C)C. The van der Waals surface area contributed by atoms with Crippen LogP contribution in [0, 0.1) is 5.41 Å². The summed E-state index contributed by atoms with van der Waals surface area (Å²) in [5.74, 6) is 0.104. The number of likely N-dealkylation sites (tertiary alicyclic amines) is 1. The Kier molecular flexibility index (Phi) is 5.28. The number of nitrogens with two attached hydrogens (primary N) is 1. The maximum Gasteiger partial charge on any atom is 0.410 e. The Bertz CT molecular complexity index is 557. The molecule has 2 N–H and O–H groups in total. The van der Waals surface area contributed by atoms with Crippen LogP contribution in [0.4, 0.5) is 4.79 Å². The normalized spacial score (nSPS) is 25.5. The predicted octanol–water partition coefficient (Wildman–Crippen LogP) is 4.15. The third kappa shape index (κ3) is 4.29. The molecule has 1 fully saturated rings. The van der Waals surface area contributed by atoms with Crippen molar-refractivity contribution in [1.29, 1.82) is 0 Å². The Balaban J connectivity index is 2.40. The first-order chi connectivity index (χ1) is 11.0. The number of benzene rings is 1. The standard InChI is InChI=1S/C20H32N2O2/c1-19(2,3)17-16(14-10-8-7-9-11-14)15(21)12-13-22(17)18(23)24-20(4,5)6/h7-11,15-17H,12-13,21H2,1-6H3/t15-,16+,17?/m1/s1. The summed E-state index contributed by atoms with van der Waals surface area (Å²) in [6.07, 6.45) is 0.543. The second-order valence-electron chi connectivity index (χ2n) is 8.87. The summed E-state index contributed by atoms with van der Waals surface area (Å²) in [5.41, 5.74) is 7.10. The second-order valence-corrected chi connectivity index (χ2v) is 8.87. The highest BCUT2D eigenvalue weighted by atomic mass is 16.6. The topological polar surface area (TPSA) is 55.6 Å². The molecule has 1 saturated heterocycles. The summed E-state index contributed by atoms with van der Waals surface area (Å²) in [6, 6.07) is 10.3. The van der Waals surface area contributed by atoms with Gasteiger partial charge in [0.1, 0.15) is 5.60 Å². The minimum Gasteiger partial charge on any atom is -0.444 e. The molecule has 4 heteroatoms. The zero-order chi connectivity index (χ0) is 18.1. The van der Waals surface area contributed by atoms with Crippen LogP contribution in [-0.4, -0.2) is 35.2 Å². The largest absolute Gasteiger partial charge is 0.444 e. The molecule has 1 aliphatic rings.